The zero-order valence-electron chi connectivity index (χ0n) is 11.1. The van der Waals surface area contributed by atoms with Gasteiger partial charge in [0.15, 0.2) is 0 Å². The lowest BCUT2D eigenvalue weighted by Gasteiger charge is -2.07. The zero-order valence-corrected chi connectivity index (χ0v) is 12.7. The molecule has 0 aliphatic carbocycles. The number of hydrogen-bond donors (Lipinski definition) is 1. The van der Waals surface area contributed by atoms with Crippen molar-refractivity contribution in [2.24, 2.45) is 0 Å². The van der Waals surface area contributed by atoms with Gasteiger partial charge in [0, 0.05) is 5.56 Å². The first kappa shape index (κ1) is 14.5. The van der Waals surface area contributed by atoms with Gasteiger partial charge in [-0.05, 0) is 52.7 Å². The van der Waals surface area contributed by atoms with Crippen LogP contribution in [0.25, 0.3) is 0 Å². The van der Waals surface area contributed by atoms with Crippen LogP contribution in [0.3, 0.4) is 0 Å². The van der Waals surface area contributed by atoms with E-state index in [1.54, 1.807) is 30.3 Å². The van der Waals surface area contributed by atoms with Gasteiger partial charge in [-0.2, -0.15) is 0 Å². The fourth-order valence-electron chi connectivity index (χ4n) is 1.61. The summed E-state index contributed by atoms with van der Waals surface area (Å²) < 4.78 is 6.19. The predicted octanol–water partition coefficient (Wildman–Crippen LogP) is 3.89. The molecule has 104 valence electrons. The number of ether oxygens (including phenoxy) is 1. The van der Waals surface area contributed by atoms with E-state index < -0.39 is 0 Å². The highest BCUT2D eigenvalue weighted by molar-refractivity contribution is 9.10. The second kappa shape index (κ2) is 7.05. The molecule has 0 atom stereocenters. The lowest BCUT2D eigenvalue weighted by atomic mass is 10.2. The summed E-state index contributed by atoms with van der Waals surface area (Å²) in [6.07, 6.45) is 0.929. The molecule has 0 radical (unpaired) electrons. The van der Waals surface area contributed by atoms with Crippen molar-refractivity contribution in [3.63, 3.8) is 0 Å². The smallest absolute Gasteiger partial charge is 0.256 e. The van der Waals surface area contributed by atoms with E-state index >= 15 is 0 Å². The van der Waals surface area contributed by atoms with Crippen molar-refractivity contribution >= 4 is 27.7 Å². The molecule has 0 saturated carbocycles. The molecular weight excluding hydrogens is 320 g/mol. The maximum Gasteiger partial charge on any atom is 0.256 e. The van der Waals surface area contributed by atoms with Crippen LogP contribution in [0, 0.1) is 0 Å². The fourth-order valence-corrected chi connectivity index (χ4v) is 1.96. The average molecular weight is 335 g/mol. The summed E-state index contributed by atoms with van der Waals surface area (Å²) in [4.78, 5) is 16.3. The van der Waals surface area contributed by atoms with Crippen LogP contribution < -0.4 is 10.1 Å². The van der Waals surface area contributed by atoms with Crippen molar-refractivity contribution in [1.29, 1.82) is 0 Å². The van der Waals surface area contributed by atoms with E-state index in [1.165, 1.54) is 0 Å². The Morgan fingerprint density at radius 2 is 2.10 bits per heavy atom. The van der Waals surface area contributed by atoms with Gasteiger partial charge in [0.1, 0.15) is 16.2 Å². The van der Waals surface area contributed by atoms with E-state index in [9.17, 15) is 4.79 Å². The van der Waals surface area contributed by atoms with Crippen LogP contribution >= 0.6 is 15.9 Å². The normalized spacial score (nSPS) is 10.1. The Morgan fingerprint density at radius 3 is 2.85 bits per heavy atom. The van der Waals surface area contributed by atoms with Crippen LogP contribution in [0.1, 0.15) is 23.7 Å². The van der Waals surface area contributed by atoms with E-state index in [0.29, 0.717) is 28.3 Å². The maximum absolute atomic E-state index is 12.1. The maximum atomic E-state index is 12.1. The Hall–Kier alpha value is -1.88. The first-order valence-corrected chi connectivity index (χ1v) is 7.15. The van der Waals surface area contributed by atoms with Gasteiger partial charge in [-0.25, -0.2) is 4.98 Å². The van der Waals surface area contributed by atoms with Crippen molar-refractivity contribution < 1.29 is 9.53 Å². The number of nitrogens with one attached hydrogen (secondary N) is 1. The van der Waals surface area contributed by atoms with Gasteiger partial charge in [-0.3, -0.25) is 4.79 Å². The van der Waals surface area contributed by atoms with Crippen LogP contribution in [0.15, 0.2) is 47.1 Å². The summed E-state index contributed by atoms with van der Waals surface area (Å²) in [6, 6.07) is 12.5. The van der Waals surface area contributed by atoms with Crippen LogP contribution in [-0.2, 0) is 0 Å². The number of anilines is 1. The number of carbonyl (C=O) groups excluding carboxylic acids is 1. The SMILES string of the molecule is CCCOc1cccc(C(=O)Nc2cccc(Br)n2)c1. The molecule has 5 heteroatoms. The van der Waals surface area contributed by atoms with Crippen LogP contribution in [-0.4, -0.2) is 17.5 Å². The molecule has 20 heavy (non-hydrogen) atoms. The molecule has 1 aromatic heterocycles. The molecular formula is C15H15BrN2O2. The largest absolute Gasteiger partial charge is 0.494 e. The van der Waals surface area contributed by atoms with Crippen molar-refractivity contribution in [2.45, 2.75) is 13.3 Å². The van der Waals surface area contributed by atoms with E-state index in [4.69, 9.17) is 4.74 Å². The number of amides is 1. The lowest BCUT2D eigenvalue weighted by molar-refractivity contribution is 0.102. The molecule has 2 rings (SSSR count). The number of halogens is 1. The Morgan fingerprint density at radius 1 is 1.30 bits per heavy atom. The summed E-state index contributed by atoms with van der Waals surface area (Å²) in [6.45, 7) is 2.67. The molecule has 2 aromatic rings. The topological polar surface area (TPSA) is 51.2 Å². The van der Waals surface area contributed by atoms with Crippen LogP contribution in [0.2, 0.25) is 0 Å². The number of hydrogen-bond acceptors (Lipinski definition) is 3. The minimum Gasteiger partial charge on any atom is -0.494 e. The third-order valence-electron chi connectivity index (χ3n) is 2.53. The van der Waals surface area contributed by atoms with Crippen molar-refractivity contribution in [3.8, 4) is 5.75 Å². The van der Waals surface area contributed by atoms with E-state index in [0.717, 1.165) is 6.42 Å². The highest BCUT2D eigenvalue weighted by Crippen LogP contribution is 2.16. The van der Waals surface area contributed by atoms with Gasteiger partial charge in [0.2, 0.25) is 0 Å². The van der Waals surface area contributed by atoms with Gasteiger partial charge < -0.3 is 10.1 Å². The lowest BCUT2D eigenvalue weighted by Crippen LogP contribution is -2.13. The number of rotatable bonds is 5. The molecule has 1 aromatic carbocycles. The second-order valence-electron chi connectivity index (χ2n) is 4.18. The van der Waals surface area contributed by atoms with Gasteiger partial charge in [-0.15, -0.1) is 0 Å². The second-order valence-corrected chi connectivity index (χ2v) is 4.99. The van der Waals surface area contributed by atoms with E-state index in [-0.39, 0.29) is 5.91 Å². The highest BCUT2D eigenvalue weighted by atomic mass is 79.9. The Kier molecular flexibility index (Phi) is 5.12. The molecule has 0 unspecified atom stereocenters. The number of carbonyl (C=O) groups is 1. The molecule has 0 saturated heterocycles. The van der Waals surface area contributed by atoms with E-state index in [2.05, 4.69) is 26.2 Å². The number of pyridine rings is 1. The standard InChI is InChI=1S/C15H15BrN2O2/c1-2-9-20-12-6-3-5-11(10-12)15(19)18-14-8-4-7-13(16)17-14/h3-8,10H,2,9H2,1H3,(H,17,18,19). The summed E-state index contributed by atoms with van der Waals surface area (Å²) in [7, 11) is 0. The molecule has 0 aliphatic heterocycles. The Balaban J connectivity index is 2.09. The molecule has 1 heterocycles. The number of aromatic nitrogens is 1. The minimum atomic E-state index is -0.211. The Labute approximate surface area is 126 Å². The predicted molar refractivity (Wildman–Crippen MR) is 82.1 cm³/mol. The van der Waals surface area contributed by atoms with E-state index in [1.807, 2.05) is 19.1 Å². The molecule has 0 aliphatic rings. The quantitative estimate of drug-likeness (QED) is 0.844. The van der Waals surface area contributed by atoms with Crippen molar-refractivity contribution in [3.05, 3.63) is 52.6 Å². The van der Waals surface area contributed by atoms with Gasteiger partial charge >= 0.3 is 0 Å². The van der Waals surface area contributed by atoms with Crippen LogP contribution in [0.4, 0.5) is 5.82 Å². The Bertz CT molecular complexity index is 602. The first-order chi connectivity index (χ1) is 9.69. The van der Waals surface area contributed by atoms with Gasteiger partial charge in [0.05, 0.1) is 6.61 Å². The summed E-state index contributed by atoms with van der Waals surface area (Å²) in [5.74, 6) is 0.989. The molecule has 0 spiro atoms. The number of benzene rings is 1. The third-order valence-corrected chi connectivity index (χ3v) is 2.97. The molecule has 4 nitrogen and oxygen atoms in total. The number of nitrogens with zero attached hydrogens (tertiary/aromatic N) is 1. The van der Waals surface area contributed by atoms with Crippen LogP contribution in [0.5, 0.6) is 5.75 Å². The third kappa shape index (κ3) is 4.06. The molecule has 1 N–H and O–H groups in total. The fraction of sp³-hybridized carbons (Fsp3) is 0.200. The summed E-state index contributed by atoms with van der Waals surface area (Å²) in [5.41, 5.74) is 0.542. The summed E-state index contributed by atoms with van der Waals surface area (Å²) in [5, 5.41) is 2.75. The zero-order chi connectivity index (χ0) is 14.4. The minimum absolute atomic E-state index is 0.211. The average Bonchev–Trinajstić information content (AvgIpc) is 2.45. The van der Waals surface area contributed by atoms with Crippen molar-refractivity contribution in [1.82, 2.24) is 4.98 Å². The highest BCUT2D eigenvalue weighted by Gasteiger charge is 2.08. The first-order valence-electron chi connectivity index (χ1n) is 6.36. The molecule has 0 fully saturated rings. The van der Waals surface area contributed by atoms with Gasteiger partial charge in [0.25, 0.3) is 5.91 Å². The van der Waals surface area contributed by atoms with Crippen molar-refractivity contribution in [2.75, 3.05) is 11.9 Å². The monoisotopic (exact) mass is 334 g/mol. The summed E-state index contributed by atoms with van der Waals surface area (Å²) >= 11 is 3.27. The molecule has 1 amide bonds. The molecule has 0 bridgehead atoms. The van der Waals surface area contributed by atoms with Gasteiger partial charge in [-0.1, -0.05) is 19.1 Å².